The lowest BCUT2D eigenvalue weighted by molar-refractivity contribution is 0.354. The van der Waals surface area contributed by atoms with Gasteiger partial charge < -0.3 is 10.1 Å². The fourth-order valence-electron chi connectivity index (χ4n) is 2.28. The van der Waals surface area contributed by atoms with Gasteiger partial charge in [0.05, 0.1) is 6.61 Å². The Morgan fingerprint density at radius 3 is 3.15 bits per heavy atom. The summed E-state index contributed by atoms with van der Waals surface area (Å²) >= 11 is 3.53. The Labute approximate surface area is 125 Å². The summed E-state index contributed by atoms with van der Waals surface area (Å²) in [5.41, 5.74) is 3.64. The molecule has 2 aromatic rings. The second-order valence-electron chi connectivity index (χ2n) is 4.55. The summed E-state index contributed by atoms with van der Waals surface area (Å²) in [5, 5.41) is 12.1. The first-order chi connectivity index (χ1) is 9.76. The van der Waals surface area contributed by atoms with Crippen LogP contribution in [0.25, 0.3) is 0 Å². The molecule has 0 radical (unpaired) electrons. The molecule has 0 aliphatic carbocycles. The van der Waals surface area contributed by atoms with Crippen LogP contribution in [0.4, 0.5) is 5.69 Å². The van der Waals surface area contributed by atoms with Gasteiger partial charge >= 0.3 is 0 Å². The van der Waals surface area contributed by atoms with Crippen LogP contribution in [0.15, 0.2) is 34.9 Å². The normalized spacial score (nSPS) is 12.4. The summed E-state index contributed by atoms with van der Waals surface area (Å²) in [5.74, 6) is 0.982. The molecule has 0 saturated heterocycles. The monoisotopic (exact) mass is 329 g/mol. The minimum atomic E-state index is 0.408. The SMILES string of the molecule is N#Cc1cc(NCc2cc(Br)cc3c2OCC3)ccn1. The highest BCUT2D eigenvalue weighted by atomic mass is 79.9. The number of nitriles is 1. The molecule has 1 aliphatic rings. The molecule has 0 fully saturated rings. The van der Waals surface area contributed by atoms with Crippen LogP contribution in [0.2, 0.25) is 0 Å². The Morgan fingerprint density at radius 2 is 2.30 bits per heavy atom. The van der Waals surface area contributed by atoms with E-state index in [0.717, 1.165) is 34.5 Å². The van der Waals surface area contributed by atoms with Crippen molar-refractivity contribution in [3.05, 3.63) is 51.8 Å². The van der Waals surface area contributed by atoms with Crippen molar-refractivity contribution in [3.63, 3.8) is 0 Å². The van der Waals surface area contributed by atoms with Crippen molar-refractivity contribution in [2.45, 2.75) is 13.0 Å². The van der Waals surface area contributed by atoms with Crippen molar-refractivity contribution in [2.24, 2.45) is 0 Å². The number of pyridine rings is 1. The maximum Gasteiger partial charge on any atom is 0.142 e. The van der Waals surface area contributed by atoms with E-state index in [1.165, 1.54) is 5.56 Å². The Bertz CT molecular complexity index is 694. The van der Waals surface area contributed by atoms with Gasteiger partial charge in [-0.15, -0.1) is 0 Å². The van der Waals surface area contributed by atoms with Gasteiger partial charge in [-0.3, -0.25) is 0 Å². The average molecular weight is 330 g/mol. The van der Waals surface area contributed by atoms with E-state index in [1.54, 1.807) is 12.3 Å². The third-order valence-electron chi connectivity index (χ3n) is 3.18. The Kier molecular flexibility index (Phi) is 3.57. The van der Waals surface area contributed by atoms with Crippen LogP contribution < -0.4 is 10.1 Å². The lowest BCUT2D eigenvalue weighted by Gasteiger charge is -2.11. The predicted molar refractivity (Wildman–Crippen MR) is 79.6 cm³/mol. The second-order valence-corrected chi connectivity index (χ2v) is 5.46. The Balaban J connectivity index is 1.80. The summed E-state index contributed by atoms with van der Waals surface area (Å²) in [7, 11) is 0. The van der Waals surface area contributed by atoms with E-state index in [4.69, 9.17) is 10.00 Å². The van der Waals surface area contributed by atoms with Crippen LogP contribution in [-0.2, 0) is 13.0 Å². The zero-order valence-electron chi connectivity index (χ0n) is 10.7. The van der Waals surface area contributed by atoms with Crippen LogP contribution in [0, 0.1) is 11.3 Å². The van der Waals surface area contributed by atoms with Crippen molar-refractivity contribution < 1.29 is 4.74 Å². The standard InChI is InChI=1S/C15H12BrN3O/c16-12-5-10-2-4-20-15(10)11(6-12)9-19-13-1-3-18-14(7-13)8-17/h1,3,5-7H,2,4,9H2,(H,18,19). The highest BCUT2D eigenvalue weighted by Gasteiger charge is 2.17. The number of fused-ring (bicyclic) bond motifs is 1. The van der Waals surface area contributed by atoms with Gasteiger partial charge in [0.1, 0.15) is 17.5 Å². The first-order valence-corrected chi connectivity index (χ1v) is 7.09. The number of anilines is 1. The predicted octanol–water partition coefficient (Wildman–Crippen LogP) is 3.26. The molecule has 1 N–H and O–H groups in total. The number of hydrogen-bond donors (Lipinski definition) is 1. The van der Waals surface area contributed by atoms with E-state index in [2.05, 4.69) is 38.4 Å². The summed E-state index contributed by atoms with van der Waals surface area (Å²) in [6.45, 7) is 1.39. The Morgan fingerprint density at radius 1 is 1.40 bits per heavy atom. The molecule has 100 valence electrons. The summed E-state index contributed by atoms with van der Waals surface area (Å²) in [6, 6.07) is 9.78. The van der Waals surface area contributed by atoms with Gasteiger partial charge in [-0.25, -0.2) is 4.98 Å². The molecule has 0 unspecified atom stereocenters. The summed E-state index contributed by atoms with van der Waals surface area (Å²) in [6.07, 6.45) is 2.58. The average Bonchev–Trinajstić information content (AvgIpc) is 2.93. The molecule has 0 bridgehead atoms. The molecule has 5 heteroatoms. The summed E-state index contributed by atoms with van der Waals surface area (Å²) < 4.78 is 6.75. The molecule has 1 aromatic heterocycles. The van der Waals surface area contributed by atoms with Crippen molar-refractivity contribution in [1.29, 1.82) is 5.26 Å². The number of nitrogens with one attached hydrogen (secondary N) is 1. The van der Waals surface area contributed by atoms with E-state index in [1.807, 2.05) is 12.1 Å². The highest BCUT2D eigenvalue weighted by molar-refractivity contribution is 9.10. The fraction of sp³-hybridized carbons (Fsp3) is 0.200. The number of rotatable bonds is 3. The molecular weight excluding hydrogens is 318 g/mol. The number of benzene rings is 1. The van der Waals surface area contributed by atoms with Crippen molar-refractivity contribution in [3.8, 4) is 11.8 Å². The molecule has 0 saturated carbocycles. The lowest BCUT2D eigenvalue weighted by atomic mass is 10.1. The second kappa shape index (κ2) is 5.51. The van der Waals surface area contributed by atoms with Crippen LogP contribution in [0.3, 0.4) is 0 Å². The molecular formula is C15H12BrN3O. The topological polar surface area (TPSA) is 57.9 Å². The van der Waals surface area contributed by atoms with Crippen LogP contribution in [0.1, 0.15) is 16.8 Å². The van der Waals surface area contributed by atoms with E-state index >= 15 is 0 Å². The third-order valence-corrected chi connectivity index (χ3v) is 3.64. The van der Waals surface area contributed by atoms with Crippen LogP contribution in [0.5, 0.6) is 5.75 Å². The molecule has 1 aliphatic heterocycles. The number of hydrogen-bond acceptors (Lipinski definition) is 4. The molecule has 0 atom stereocenters. The van der Waals surface area contributed by atoms with Gasteiger partial charge in [0.15, 0.2) is 0 Å². The smallest absolute Gasteiger partial charge is 0.142 e. The molecule has 0 spiro atoms. The minimum Gasteiger partial charge on any atom is -0.493 e. The Hall–Kier alpha value is -2.06. The number of halogens is 1. The van der Waals surface area contributed by atoms with Crippen molar-refractivity contribution in [1.82, 2.24) is 4.98 Å². The molecule has 2 heterocycles. The number of aromatic nitrogens is 1. The third kappa shape index (κ3) is 2.61. The maximum atomic E-state index is 8.84. The van der Waals surface area contributed by atoms with E-state index in [-0.39, 0.29) is 0 Å². The molecule has 20 heavy (non-hydrogen) atoms. The molecule has 4 nitrogen and oxygen atoms in total. The molecule has 1 aromatic carbocycles. The van der Waals surface area contributed by atoms with E-state index in [0.29, 0.717) is 12.2 Å². The largest absolute Gasteiger partial charge is 0.493 e. The van der Waals surface area contributed by atoms with Gasteiger partial charge in [0.2, 0.25) is 0 Å². The maximum absolute atomic E-state index is 8.84. The van der Waals surface area contributed by atoms with Gasteiger partial charge in [0.25, 0.3) is 0 Å². The lowest BCUT2D eigenvalue weighted by Crippen LogP contribution is -2.02. The first kappa shape index (κ1) is 12.9. The zero-order chi connectivity index (χ0) is 13.9. The van der Waals surface area contributed by atoms with Gasteiger partial charge in [0, 0.05) is 34.9 Å². The molecule has 3 rings (SSSR count). The van der Waals surface area contributed by atoms with Crippen LogP contribution in [-0.4, -0.2) is 11.6 Å². The van der Waals surface area contributed by atoms with Gasteiger partial charge in [-0.05, 0) is 29.8 Å². The van der Waals surface area contributed by atoms with Crippen molar-refractivity contribution >= 4 is 21.6 Å². The minimum absolute atomic E-state index is 0.408. The number of ether oxygens (including phenoxy) is 1. The van der Waals surface area contributed by atoms with Gasteiger partial charge in [-0.1, -0.05) is 15.9 Å². The summed E-state index contributed by atoms with van der Waals surface area (Å²) in [4.78, 5) is 3.95. The van der Waals surface area contributed by atoms with Crippen molar-refractivity contribution in [2.75, 3.05) is 11.9 Å². The zero-order valence-corrected chi connectivity index (χ0v) is 12.3. The van der Waals surface area contributed by atoms with E-state index < -0.39 is 0 Å². The quantitative estimate of drug-likeness (QED) is 0.938. The fourth-order valence-corrected chi connectivity index (χ4v) is 2.83. The van der Waals surface area contributed by atoms with Gasteiger partial charge in [-0.2, -0.15) is 5.26 Å². The van der Waals surface area contributed by atoms with Crippen LogP contribution >= 0.6 is 15.9 Å². The number of nitrogens with zero attached hydrogens (tertiary/aromatic N) is 2. The first-order valence-electron chi connectivity index (χ1n) is 6.30. The molecule has 0 amide bonds. The van der Waals surface area contributed by atoms with E-state index in [9.17, 15) is 0 Å². The highest BCUT2D eigenvalue weighted by Crippen LogP contribution is 2.33.